The molecule has 0 saturated heterocycles. The van der Waals surface area contributed by atoms with Crippen molar-refractivity contribution in [3.8, 4) is 0 Å². The lowest BCUT2D eigenvalue weighted by atomic mass is 9.98. The van der Waals surface area contributed by atoms with Crippen LogP contribution >= 0.6 is 22.9 Å². The number of hydrogen-bond acceptors (Lipinski definition) is 7. The van der Waals surface area contributed by atoms with Crippen molar-refractivity contribution >= 4 is 44.1 Å². The summed E-state index contributed by atoms with van der Waals surface area (Å²) in [5, 5.41) is 13.1. The van der Waals surface area contributed by atoms with Crippen LogP contribution in [0, 0.1) is 0 Å². The molecule has 4 rings (SSSR count). The maximum atomic E-state index is 8.91. The highest BCUT2D eigenvalue weighted by atomic mass is 35.5. The molecule has 1 aliphatic carbocycles. The second kappa shape index (κ2) is 9.30. The highest BCUT2D eigenvalue weighted by Crippen LogP contribution is 2.28. The Morgan fingerprint density at radius 3 is 2.67 bits per heavy atom. The van der Waals surface area contributed by atoms with Crippen molar-refractivity contribution in [2.75, 3.05) is 11.1 Å². The number of aliphatic hydroxyl groups excluding tert-OH is 1. The number of nitrogen functional groups attached to an aromatic ring is 1. The summed E-state index contributed by atoms with van der Waals surface area (Å²) in [7, 11) is 0. The summed E-state index contributed by atoms with van der Waals surface area (Å²) in [4.78, 5) is 12.4. The van der Waals surface area contributed by atoms with Crippen molar-refractivity contribution in [3.63, 3.8) is 0 Å². The molecular formula is C19H24ClN5OS. The molecule has 8 heteroatoms. The van der Waals surface area contributed by atoms with E-state index >= 15 is 0 Å². The first kappa shape index (κ1) is 19.8. The Hall–Kier alpha value is -1.96. The van der Waals surface area contributed by atoms with E-state index in [9.17, 15) is 0 Å². The highest BCUT2D eigenvalue weighted by molar-refractivity contribution is 7.22. The van der Waals surface area contributed by atoms with Crippen molar-refractivity contribution in [2.45, 2.75) is 51.2 Å². The van der Waals surface area contributed by atoms with Crippen LogP contribution in [-0.4, -0.2) is 26.2 Å². The van der Waals surface area contributed by atoms with E-state index in [1.165, 1.54) is 36.8 Å². The maximum Gasteiger partial charge on any atom is 0.181 e. The molecule has 1 aliphatic rings. The van der Waals surface area contributed by atoms with Crippen molar-refractivity contribution in [1.82, 2.24) is 15.0 Å². The fraction of sp³-hybridized carbons (Fsp3) is 0.421. The van der Waals surface area contributed by atoms with Crippen molar-refractivity contribution in [2.24, 2.45) is 0 Å². The number of halogens is 1. The third-order valence-electron chi connectivity index (χ3n) is 4.47. The molecule has 27 heavy (non-hydrogen) atoms. The van der Waals surface area contributed by atoms with Gasteiger partial charge in [-0.15, -0.1) is 0 Å². The summed E-state index contributed by atoms with van der Waals surface area (Å²) < 4.78 is 1.07. The third kappa shape index (κ3) is 5.76. The Bertz CT molecular complexity index is 881. The van der Waals surface area contributed by atoms with E-state index in [1.54, 1.807) is 6.20 Å². The third-order valence-corrected chi connectivity index (χ3v) is 5.50. The van der Waals surface area contributed by atoms with Crippen LogP contribution in [0.4, 0.5) is 10.9 Å². The molecule has 1 saturated carbocycles. The van der Waals surface area contributed by atoms with Crippen LogP contribution in [0.1, 0.15) is 50.6 Å². The number of nitrogens with two attached hydrogens (primary N) is 1. The summed E-state index contributed by atoms with van der Waals surface area (Å²) in [6, 6.07) is 6.16. The molecule has 1 fully saturated rings. The van der Waals surface area contributed by atoms with Gasteiger partial charge in [-0.1, -0.05) is 48.3 Å². The van der Waals surface area contributed by atoms with Crippen molar-refractivity contribution in [3.05, 3.63) is 41.3 Å². The summed E-state index contributed by atoms with van der Waals surface area (Å²) in [6.45, 7) is 2.05. The van der Waals surface area contributed by atoms with Crippen LogP contribution in [0.15, 0.2) is 30.6 Å². The van der Waals surface area contributed by atoms with Crippen molar-refractivity contribution < 1.29 is 5.11 Å². The minimum atomic E-state index is 0.0359. The molecule has 0 amide bonds. The summed E-state index contributed by atoms with van der Waals surface area (Å²) in [6.07, 6.45) is 9.07. The number of anilines is 2. The average Bonchev–Trinajstić information content (AvgIpc) is 3.02. The predicted molar refractivity (Wildman–Crippen MR) is 112 cm³/mol. The molecule has 0 bridgehead atoms. The van der Waals surface area contributed by atoms with Gasteiger partial charge in [0.15, 0.2) is 5.13 Å². The lowest BCUT2D eigenvalue weighted by molar-refractivity contribution is 0.130. The predicted octanol–water partition coefficient (Wildman–Crippen LogP) is 4.81. The molecule has 6 nitrogen and oxygen atoms in total. The zero-order valence-corrected chi connectivity index (χ0v) is 16.8. The van der Waals surface area contributed by atoms with Crippen LogP contribution in [0.2, 0.25) is 5.15 Å². The van der Waals surface area contributed by atoms with Gasteiger partial charge in [-0.25, -0.2) is 9.97 Å². The van der Waals surface area contributed by atoms with Crippen LogP contribution in [-0.2, 0) is 0 Å². The van der Waals surface area contributed by atoms with Crippen LogP contribution < -0.4 is 11.1 Å². The fourth-order valence-corrected chi connectivity index (χ4v) is 3.96. The molecule has 0 radical (unpaired) electrons. The number of aliphatic hydroxyl groups is 1. The molecule has 2 aromatic heterocycles. The minimum Gasteiger partial charge on any atom is -0.393 e. The maximum absolute atomic E-state index is 8.91. The average molecular weight is 406 g/mol. The van der Waals surface area contributed by atoms with Crippen LogP contribution in [0.5, 0.6) is 0 Å². The number of benzene rings is 1. The quantitative estimate of drug-likeness (QED) is 0.578. The topological polar surface area (TPSA) is 97.0 Å². The molecule has 1 aromatic carbocycles. The number of fused-ring (bicyclic) bond motifs is 1. The number of aromatic nitrogens is 3. The first-order chi connectivity index (χ1) is 13.0. The summed E-state index contributed by atoms with van der Waals surface area (Å²) in [5.74, 6) is 0.647. The molecule has 0 aliphatic heterocycles. The summed E-state index contributed by atoms with van der Waals surface area (Å²) in [5.41, 5.74) is 7.77. The number of hydrogen-bond donors (Lipinski definition) is 3. The molecule has 1 unspecified atom stereocenters. The Morgan fingerprint density at radius 1 is 1.22 bits per heavy atom. The van der Waals surface area contributed by atoms with Gasteiger partial charge in [0.05, 0.1) is 34.8 Å². The molecule has 3 aromatic rings. The van der Waals surface area contributed by atoms with Gasteiger partial charge in [0.2, 0.25) is 0 Å². The Labute approximate surface area is 167 Å². The van der Waals surface area contributed by atoms with Gasteiger partial charge in [-0.2, -0.15) is 0 Å². The Balaban J connectivity index is 0.000000253. The molecule has 1 atom stereocenters. The monoisotopic (exact) mass is 405 g/mol. The van der Waals surface area contributed by atoms with Crippen LogP contribution in [0.3, 0.4) is 0 Å². The fourth-order valence-electron chi connectivity index (χ4n) is 3.03. The van der Waals surface area contributed by atoms with Gasteiger partial charge in [-0.05, 0) is 37.5 Å². The number of nitrogens with one attached hydrogen (secondary N) is 1. The van der Waals surface area contributed by atoms with Gasteiger partial charge in [0.25, 0.3) is 0 Å². The zero-order valence-electron chi connectivity index (χ0n) is 15.2. The van der Waals surface area contributed by atoms with Gasteiger partial charge in [-0.3, -0.25) is 4.98 Å². The lowest BCUT2D eigenvalue weighted by Gasteiger charge is -2.14. The molecule has 2 heterocycles. The SMILES string of the molecule is CC(Nc1cncc(Cl)n1)c1ccc2nc(N)sc2c1.OC1CCCCC1. The van der Waals surface area contributed by atoms with E-state index < -0.39 is 0 Å². The smallest absolute Gasteiger partial charge is 0.181 e. The number of thiazole rings is 1. The van der Waals surface area contributed by atoms with Gasteiger partial charge < -0.3 is 16.2 Å². The van der Waals surface area contributed by atoms with Crippen molar-refractivity contribution in [1.29, 1.82) is 0 Å². The largest absolute Gasteiger partial charge is 0.393 e. The normalized spacial score (nSPS) is 15.8. The molecule has 144 valence electrons. The van der Waals surface area contributed by atoms with E-state index in [-0.39, 0.29) is 12.1 Å². The first-order valence-electron chi connectivity index (χ1n) is 9.09. The standard InChI is InChI=1S/C13H12ClN5S.C6H12O/c1-7(17-12-6-16-5-11(14)19-12)8-2-3-9-10(4-8)20-13(15)18-9;7-6-4-2-1-3-5-6/h2-7H,1H3,(H2,15,18)(H,17,19);6-7H,1-5H2. The summed E-state index contributed by atoms with van der Waals surface area (Å²) >= 11 is 7.30. The number of rotatable bonds is 3. The second-order valence-corrected chi connectivity index (χ2v) is 8.11. The minimum absolute atomic E-state index is 0.0359. The molecule has 0 spiro atoms. The van der Waals surface area contributed by atoms with Gasteiger partial charge >= 0.3 is 0 Å². The van der Waals surface area contributed by atoms with E-state index in [0.29, 0.717) is 16.1 Å². The lowest BCUT2D eigenvalue weighted by Crippen LogP contribution is -2.09. The molecular weight excluding hydrogens is 382 g/mol. The number of nitrogens with zero attached hydrogens (tertiary/aromatic N) is 3. The van der Waals surface area contributed by atoms with Crippen LogP contribution in [0.25, 0.3) is 10.2 Å². The van der Waals surface area contributed by atoms with E-state index in [4.69, 9.17) is 22.4 Å². The van der Waals surface area contributed by atoms with E-state index in [1.807, 2.05) is 19.1 Å². The Kier molecular flexibility index (Phi) is 6.82. The molecule has 4 N–H and O–H groups in total. The second-order valence-electron chi connectivity index (χ2n) is 6.66. The van der Waals surface area contributed by atoms with Gasteiger partial charge in [0.1, 0.15) is 11.0 Å². The highest BCUT2D eigenvalue weighted by Gasteiger charge is 2.09. The van der Waals surface area contributed by atoms with E-state index in [0.717, 1.165) is 28.6 Å². The van der Waals surface area contributed by atoms with E-state index in [2.05, 4.69) is 26.3 Å². The zero-order chi connectivity index (χ0) is 19.2. The Morgan fingerprint density at radius 2 is 2.00 bits per heavy atom. The van der Waals surface area contributed by atoms with Gasteiger partial charge in [0, 0.05) is 0 Å². The first-order valence-corrected chi connectivity index (χ1v) is 10.3.